The molecule has 0 aromatic heterocycles. The van der Waals surface area contributed by atoms with E-state index in [2.05, 4.69) is 25.8 Å². The molecule has 1 fully saturated rings. The summed E-state index contributed by atoms with van der Waals surface area (Å²) in [5.74, 6) is 0.903. The maximum absolute atomic E-state index is 5.94. The lowest BCUT2D eigenvalue weighted by atomic mass is 9.84. The summed E-state index contributed by atoms with van der Waals surface area (Å²) in [7, 11) is 2.18. The standard InChI is InChI=1S/C15H32N2O/c1-13(2)18-10-9-17(3)15(12-16)11-14-7-5-4-6-8-14/h13-15H,4-12,16H2,1-3H3. The number of likely N-dealkylation sites (N-methyl/N-ethyl adjacent to an activating group) is 1. The molecule has 1 rings (SSSR count). The summed E-state index contributed by atoms with van der Waals surface area (Å²) in [6, 6.07) is 0.531. The van der Waals surface area contributed by atoms with E-state index in [0.29, 0.717) is 12.1 Å². The summed E-state index contributed by atoms with van der Waals surface area (Å²) in [6.07, 6.45) is 8.69. The predicted octanol–water partition coefficient (Wildman–Crippen LogP) is 2.64. The molecule has 0 aromatic rings. The Morgan fingerprint density at radius 2 is 1.89 bits per heavy atom. The average molecular weight is 256 g/mol. The molecule has 0 spiro atoms. The molecule has 0 amide bonds. The van der Waals surface area contributed by atoms with Crippen LogP contribution in [0.1, 0.15) is 52.4 Å². The number of nitrogens with zero attached hydrogens (tertiary/aromatic N) is 1. The molecule has 0 aliphatic heterocycles. The third kappa shape index (κ3) is 6.17. The van der Waals surface area contributed by atoms with E-state index in [1.54, 1.807) is 0 Å². The van der Waals surface area contributed by atoms with Crippen LogP contribution in [0.5, 0.6) is 0 Å². The molecule has 0 radical (unpaired) electrons. The fourth-order valence-corrected chi connectivity index (χ4v) is 2.88. The van der Waals surface area contributed by atoms with E-state index in [4.69, 9.17) is 10.5 Å². The second-order valence-electron chi connectivity index (χ2n) is 6.03. The van der Waals surface area contributed by atoms with Gasteiger partial charge in [-0.2, -0.15) is 0 Å². The van der Waals surface area contributed by atoms with Crippen LogP contribution < -0.4 is 5.73 Å². The normalized spacial score (nSPS) is 19.7. The molecule has 0 aromatic carbocycles. The molecule has 1 aliphatic rings. The van der Waals surface area contributed by atoms with Gasteiger partial charge >= 0.3 is 0 Å². The molecule has 0 heterocycles. The predicted molar refractivity (Wildman–Crippen MR) is 77.8 cm³/mol. The van der Waals surface area contributed by atoms with Gasteiger partial charge in [0.1, 0.15) is 0 Å². The largest absolute Gasteiger partial charge is 0.377 e. The molecular weight excluding hydrogens is 224 g/mol. The van der Waals surface area contributed by atoms with Crippen molar-refractivity contribution < 1.29 is 4.74 Å². The molecule has 0 saturated heterocycles. The van der Waals surface area contributed by atoms with Gasteiger partial charge in [0.05, 0.1) is 12.7 Å². The molecule has 1 atom stereocenters. The zero-order chi connectivity index (χ0) is 13.4. The lowest BCUT2D eigenvalue weighted by molar-refractivity contribution is 0.0531. The summed E-state index contributed by atoms with van der Waals surface area (Å²) in [5.41, 5.74) is 5.94. The van der Waals surface area contributed by atoms with Crippen molar-refractivity contribution in [2.75, 3.05) is 26.7 Å². The van der Waals surface area contributed by atoms with Gasteiger partial charge in [0.2, 0.25) is 0 Å². The Morgan fingerprint density at radius 3 is 2.44 bits per heavy atom. The van der Waals surface area contributed by atoms with Crippen molar-refractivity contribution in [3.63, 3.8) is 0 Å². The Hall–Kier alpha value is -0.120. The molecular formula is C15H32N2O. The van der Waals surface area contributed by atoms with Gasteiger partial charge in [-0.1, -0.05) is 32.1 Å². The van der Waals surface area contributed by atoms with E-state index >= 15 is 0 Å². The lowest BCUT2D eigenvalue weighted by Gasteiger charge is -2.32. The van der Waals surface area contributed by atoms with Crippen LogP contribution in [0.25, 0.3) is 0 Å². The minimum Gasteiger partial charge on any atom is -0.377 e. The van der Waals surface area contributed by atoms with Crippen LogP contribution >= 0.6 is 0 Å². The molecule has 2 N–H and O–H groups in total. The van der Waals surface area contributed by atoms with Gasteiger partial charge in [0, 0.05) is 19.1 Å². The number of hydrogen-bond acceptors (Lipinski definition) is 3. The van der Waals surface area contributed by atoms with Crippen LogP contribution in [0.3, 0.4) is 0 Å². The Bertz CT molecular complexity index is 203. The van der Waals surface area contributed by atoms with Crippen molar-refractivity contribution >= 4 is 0 Å². The van der Waals surface area contributed by atoms with Crippen molar-refractivity contribution in [1.82, 2.24) is 4.90 Å². The smallest absolute Gasteiger partial charge is 0.0596 e. The van der Waals surface area contributed by atoms with Gasteiger partial charge in [0.15, 0.2) is 0 Å². The molecule has 18 heavy (non-hydrogen) atoms. The molecule has 3 nitrogen and oxygen atoms in total. The lowest BCUT2D eigenvalue weighted by Crippen LogP contribution is -2.41. The summed E-state index contributed by atoms with van der Waals surface area (Å²) in [4.78, 5) is 2.39. The number of nitrogens with two attached hydrogens (primary N) is 1. The SMILES string of the molecule is CC(C)OCCN(C)C(CN)CC1CCCCC1. The van der Waals surface area contributed by atoms with Gasteiger partial charge in [-0.05, 0) is 33.2 Å². The molecule has 3 heteroatoms. The zero-order valence-corrected chi connectivity index (χ0v) is 12.5. The third-order valence-corrected chi connectivity index (χ3v) is 4.12. The van der Waals surface area contributed by atoms with Crippen LogP contribution in [0.2, 0.25) is 0 Å². The Kier molecular flexibility index (Phi) is 7.87. The molecule has 1 saturated carbocycles. The molecule has 1 unspecified atom stereocenters. The maximum atomic E-state index is 5.94. The topological polar surface area (TPSA) is 38.5 Å². The monoisotopic (exact) mass is 256 g/mol. The highest BCUT2D eigenvalue weighted by Crippen LogP contribution is 2.28. The Labute approximate surface area is 113 Å². The first-order chi connectivity index (χ1) is 8.63. The quantitative estimate of drug-likeness (QED) is 0.725. The summed E-state index contributed by atoms with van der Waals surface area (Å²) >= 11 is 0. The van der Waals surface area contributed by atoms with Crippen LogP contribution in [-0.2, 0) is 4.74 Å². The van der Waals surface area contributed by atoms with Gasteiger partial charge in [-0.25, -0.2) is 0 Å². The summed E-state index contributed by atoms with van der Waals surface area (Å²) in [6.45, 7) is 6.75. The van der Waals surface area contributed by atoms with Gasteiger partial charge in [-0.3, -0.25) is 4.90 Å². The van der Waals surface area contributed by atoms with Crippen molar-refractivity contribution in [3.05, 3.63) is 0 Å². The highest BCUT2D eigenvalue weighted by atomic mass is 16.5. The van der Waals surface area contributed by atoms with E-state index in [-0.39, 0.29) is 0 Å². The second kappa shape index (κ2) is 8.89. The van der Waals surface area contributed by atoms with Crippen LogP contribution in [0, 0.1) is 5.92 Å². The highest BCUT2D eigenvalue weighted by Gasteiger charge is 2.20. The summed E-state index contributed by atoms with van der Waals surface area (Å²) < 4.78 is 5.61. The molecule has 1 aliphatic carbocycles. The van der Waals surface area contributed by atoms with Crippen molar-refractivity contribution in [2.45, 2.75) is 64.5 Å². The fourth-order valence-electron chi connectivity index (χ4n) is 2.88. The van der Waals surface area contributed by atoms with E-state index in [9.17, 15) is 0 Å². The van der Waals surface area contributed by atoms with E-state index in [1.807, 2.05) is 0 Å². The van der Waals surface area contributed by atoms with Crippen LogP contribution in [-0.4, -0.2) is 43.8 Å². The molecule has 0 bridgehead atoms. The van der Waals surface area contributed by atoms with E-state index in [1.165, 1.54) is 38.5 Å². The first kappa shape index (κ1) is 15.9. The minimum atomic E-state index is 0.327. The highest BCUT2D eigenvalue weighted by molar-refractivity contribution is 4.76. The Morgan fingerprint density at radius 1 is 1.22 bits per heavy atom. The zero-order valence-electron chi connectivity index (χ0n) is 12.5. The first-order valence-electron chi connectivity index (χ1n) is 7.65. The van der Waals surface area contributed by atoms with Crippen molar-refractivity contribution in [2.24, 2.45) is 11.7 Å². The average Bonchev–Trinajstić information content (AvgIpc) is 2.36. The number of hydrogen-bond donors (Lipinski definition) is 1. The van der Waals surface area contributed by atoms with Crippen molar-refractivity contribution in [3.8, 4) is 0 Å². The van der Waals surface area contributed by atoms with E-state index in [0.717, 1.165) is 25.6 Å². The third-order valence-electron chi connectivity index (χ3n) is 4.12. The summed E-state index contributed by atoms with van der Waals surface area (Å²) in [5, 5.41) is 0. The number of ether oxygens (including phenoxy) is 1. The van der Waals surface area contributed by atoms with Crippen molar-refractivity contribution in [1.29, 1.82) is 0 Å². The van der Waals surface area contributed by atoms with Crippen LogP contribution in [0.15, 0.2) is 0 Å². The fraction of sp³-hybridized carbons (Fsp3) is 1.00. The number of rotatable bonds is 8. The van der Waals surface area contributed by atoms with Gasteiger partial charge in [0.25, 0.3) is 0 Å². The minimum absolute atomic E-state index is 0.327. The first-order valence-corrected chi connectivity index (χ1v) is 7.65. The Balaban J connectivity index is 2.25. The molecule has 108 valence electrons. The van der Waals surface area contributed by atoms with E-state index < -0.39 is 0 Å². The maximum Gasteiger partial charge on any atom is 0.0596 e. The second-order valence-corrected chi connectivity index (χ2v) is 6.03. The van der Waals surface area contributed by atoms with Gasteiger partial charge < -0.3 is 10.5 Å². The van der Waals surface area contributed by atoms with Gasteiger partial charge in [-0.15, -0.1) is 0 Å². The van der Waals surface area contributed by atoms with Crippen LogP contribution in [0.4, 0.5) is 0 Å².